The van der Waals surface area contributed by atoms with Gasteiger partial charge in [0, 0.05) is 5.54 Å². The van der Waals surface area contributed by atoms with Gasteiger partial charge in [0.25, 0.3) is 0 Å². The molecule has 3 N–H and O–H groups in total. The lowest BCUT2D eigenvalue weighted by atomic mass is 10.0. The van der Waals surface area contributed by atoms with E-state index in [2.05, 4.69) is 4.72 Å². The van der Waals surface area contributed by atoms with Gasteiger partial charge in [0.15, 0.2) is 0 Å². The van der Waals surface area contributed by atoms with Gasteiger partial charge in [-0.2, -0.15) is 0 Å². The van der Waals surface area contributed by atoms with E-state index in [1.54, 1.807) is 18.2 Å². The van der Waals surface area contributed by atoms with Crippen molar-refractivity contribution in [2.75, 3.05) is 5.73 Å². The number of rotatable bonds is 3. The van der Waals surface area contributed by atoms with Gasteiger partial charge in [0.1, 0.15) is 4.90 Å². The lowest BCUT2D eigenvalue weighted by Crippen LogP contribution is -2.43. The first-order valence-electron chi connectivity index (χ1n) is 6.23. The van der Waals surface area contributed by atoms with Gasteiger partial charge in [0.2, 0.25) is 10.0 Å². The van der Waals surface area contributed by atoms with Crippen molar-refractivity contribution in [2.24, 2.45) is 0 Å². The van der Waals surface area contributed by atoms with Gasteiger partial charge in [0.05, 0.1) is 5.69 Å². The zero-order valence-electron chi connectivity index (χ0n) is 10.9. The molecule has 0 aliphatic heterocycles. The van der Waals surface area contributed by atoms with Crippen LogP contribution in [-0.2, 0) is 10.0 Å². The van der Waals surface area contributed by atoms with Crippen LogP contribution in [0.25, 0.3) is 0 Å². The maximum Gasteiger partial charge on any atom is 0.243 e. The van der Waals surface area contributed by atoms with Gasteiger partial charge in [-0.3, -0.25) is 0 Å². The number of sulfonamides is 1. The van der Waals surface area contributed by atoms with E-state index in [4.69, 9.17) is 5.73 Å². The maximum atomic E-state index is 12.3. The predicted octanol–water partition coefficient (Wildman–Crippen LogP) is 2.19. The normalized spacial score (nSPS) is 19.0. The Morgan fingerprint density at radius 3 is 2.44 bits per heavy atom. The lowest BCUT2D eigenvalue weighted by molar-refractivity contribution is 0.427. The van der Waals surface area contributed by atoms with Gasteiger partial charge in [-0.15, -0.1) is 0 Å². The summed E-state index contributed by atoms with van der Waals surface area (Å²) in [6, 6.07) is 5.03. The third kappa shape index (κ3) is 2.67. The minimum Gasteiger partial charge on any atom is -0.398 e. The van der Waals surface area contributed by atoms with Crippen molar-refractivity contribution >= 4 is 15.7 Å². The van der Waals surface area contributed by atoms with E-state index in [1.165, 1.54) is 0 Å². The van der Waals surface area contributed by atoms with Crippen LogP contribution < -0.4 is 10.5 Å². The molecular formula is C13H20N2O2S. The summed E-state index contributed by atoms with van der Waals surface area (Å²) in [5.41, 5.74) is 6.75. The molecule has 5 heteroatoms. The van der Waals surface area contributed by atoms with Crippen LogP contribution >= 0.6 is 0 Å². The number of hydrogen-bond acceptors (Lipinski definition) is 3. The summed E-state index contributed by atoms with van der Waals surface area (Å²) < 4.78 is 27.5. The van der Waals surface area contributed by atoms with E-state index in [9.17, 15) is 8.42 Å². The summed E-state index contributed by atoms with van der Waals surface area (Å²) in [5, 5.41) is 0. The van der Waals surface area contributed by atoms with Crippen molar-refractivity contribution in [3.05, 3.63) is 23.8 Å². The van der Waals surface area contributed by atoms with E-state index in [1.807, 2.05) is 13.8 Å². The van der Waals surface area contributed by atoms with Crippen LogP contribution in [0.5, 0.6) is 0 Å². The van der Waals surface area contributed by atoms with Gasteiger partial charge in [-0.1, -0.05) is 18.9 Å². The highest BCUT2D eigenvalue weighted by molar-refractivity contribution is 7.89. The molecule has 18 heavy (non-hydrogen) atoms. The average molecular weight is 268 g/mol. The van der Waals surface area contributed by atoms with E-state index >= 15 is 0 Å². The Morgan fingerprint density at radius 1 is 1.28 bits per heavy atom. The number of nitrogens with two attached hydrogens (primary N) is 1. The molecule has 100 valence electrons. The van der Waals surface area contributed by atoms with Crippen molar-refractivity contribution in [1.29, 1.82) is 0 Å². The molecule has 2 rings (SSSR count). The topological polar surface area (TPSA) is 72.2 Å². The number of nitrogens with one attached hydrogen (secondary N) is 1. The highest BCUT2D eigenvalue weighted by atomic mass is 32.2. The fraction of sp³-hybridized carbons (Fsp3) is 0.538. The largest absolute Gasteiger partial charge is 0.398 e. The SMILES string of the molecule is Cc1ccc(S(=O)(=O)NC2(C)CCCC2)c(N)c1. The van der Waals surface area contributed by atoms with Crippen molar-refractivity contribution in [3.8, 4) is 0 Å². The van der Waals surface area contributed by atoms with Gasteiger partial charge in [-0.05, 0) is 44.4 Å². The second-order valence-electron chi connectivity index (χ2n) is 5.41. The van der Waals surface area contributed by atoms with E-state index in [0.29, 0.717) is 5.69 Å². The maximum absolute atomic E-state index is 12.3. The Hall–Kier alpha value is -1.07. The predicted molar refractivity (Wildman–Crippen MR) is 72.8 cm³/mol. The summed E-state index contributed by atoms with van der Waals surface area (Å²) in [7, 11) is -3.52. The average Bonchev–Trinajstić information content (AvgIpc) is 2.62. The van der Waals surface area contributed by atoms with Gasteiger partial charge in [-0.25, -0.2) is 13.1 Å². The van der Waals surface area contributed by atoms with Crippen LogP contribution in [0.2, 0.25) is 0 Å². The minimum atomic E-state index is -3.52. The molecule has 1 aliphatic carbocycles. The molecule has 1 aliphatic rings. The zero-order valence-corrected chi connectivity index (χ0v) is 11.7. The first kappa shape index (κ1) is 13.4. The number of benzene rings is 1. The lowest BCUT2D eigenvalue weighted by Gasteiger charge is -2.25. The molecule has 4 nitrogen and oxygen atoms in total. The fourth-order valence-electron chi connectivity index (χ4n) is 2.55. The van der Waals surface area contributed by atoms with Gasteiger partial charge >= 0.3 is 0 Å². The second-order valence-corrected chi connectivity index (χ2v) is 7.07. The molecule has 0 saturated heterocycles. The summed E-state index contributed by atoms with van der Waals surface area (Å²) in [6.45, 7) is 3.85. The quantitative estimate of drug-likeness (QED) is 0.825. The Morgan fingerprint density at radius 2 is 1.89 bits per heavy atom. The summed E-state index contributed by atoms with van der Waals surface area (Å²) >= 11 is 0. The summed E-state index contributed by atoms with van der Waals surface area (Å²) in [6.07, 6.45) is 3.92. The first-order chi connectivity index (χ1) is 8.32. The highest BCUT2D eigenvalue weighted by Crippen LogP contribution is 2.31. The second kappa shape index (κ2) is 4.55. The molecule has 0 spiro atoms. The molecule has 1 saturated carbocycles. The van der Waals surface area contributed by atoms with Crippen molar-refractivity contribution < 1.29 is 8.42 Å². The molecule has 0 amide bonds. The molecule has 1 aromatic rings. The minimum absolute atomic E-state index is 0.182. The first-order valence-corrected chi connectivity index (χ1v) is 7.71. The van der Waals surface area contributed by atoms with Crippen LogP contribution in [0.4, 0.5) is 5.69 Å². The molecular weight excluding hydrogens is 248 g/mol. The highest BCUT2D eigenvalue weighted by Gasteiger charge is 2.34. The van der Waals surface area contributed by atoms with Gasteiger partial charge < -0.3 is 5.73 Å². The molecule has 0 bridgehead atoms. The standard InChI is InChI=1S/C13H20N2O2S/c1-10-5-6-12(11(14)9-10)18(16,17)15-13(2)7-3-4-8-13/h5-6,9,15H,3-4,7-8,14H2,1-2H3. The third-order valence-corrected chi connectivity index (χ3v) is 5.26. The molecule has 0 heterocycles. The van der Waals surface area contributed by atoms with Crippen molar-refractivity contribution in [3.63, 3.8) is 0 Å². The molecule has 1 aromatic carbocycles. The molecule has 0 radical (unpaired) electrons. The number of aryl methyl sites for hydroxylation is 1. The van der Waals surface area contributed by atoms with Crippen molar-refractivity contribution in [1.82, 2.24) is 4.72 Å². The van der Waals surface area contributed by atoms with Crippen molar-refractivity contribution in [2.45, 2.75) is 50.0 Å². The molecule has 0 atom stereocenters. The van der Waals surface area contributed by atoms with Crippen LogP contribution in [-0.4, -0.2) is 14.0 Å². The van der Waals surface area contributed by atoms with E-state index < -0.39 is 10.0 Å². The molecule has 0 aromatic heterocycles. The Kier molecular flexibility index (Phi) is 3.38. The molecule has 1 fully saturated rings. The number of hydrogen-bond donors (Lipinski definition) is 2. The Bertz CT molecular complexity index is 546. The van der Waals surface area contributed by atoms with Crippen LogP contribution in [0.15, 0.2) is 23.1 Å². The van der Waals surface area contributed by atoms with E-state index in [0.717, 1.165) is 31.2 Å². The van der Waals surface area contributed by atoms with E-state index in [-0.39, 0.29) is 10.4 Å². The number of nitrogen functional groups attached to an aromatic ring is 1. The zero-order chi connectivity index (χ0) is 13.4. The fourth-order valence-corrected chi connectivity index (χ4v) is 4.13. The summed E-state index contributed by atoms with van der Waals surface area (Å²) in [4.78, 5) is 0.182. The number of anilines is 1. The summed E-state index contributed by atoms with van der Waals surface area (Å²) in [5.74, 6) is 0. The van der Waals surface area contributed by atoms with Crippen LogP contribution in [0.3, 0.4) is 0 Å². The Labute approximate surface area is 109 Å². The Balaban J connectivity index is 2.30. The third-order valence-electron chi connectivity index (χ3n) is 3.54. The monoisotopic (exact) mass is 268 g/mol. The smallest absolute Gasteiger partial charge is 0.243 e. The van der Waals surface area contributed by atoms with Crippen LogP contribution in [0, 0.1) is 6.92 Å². The molecule has 0 unspecified atom stereocenters. The van der Waals surface area contributed by atoms with Crippen LogP contribution in [0.1, 0.15) is 38.2 Å².